The predicted octanol–water partition coefficient (Wildman–Crippen LogP) is 2.95. The van der Waals surface area contributed by atoms with Gasteiger partial charge in [-0.3, -0.25) is 14.9 Å². The first-order valence-corrected chi connectivity index (χ1v) is 8.12. The zero-order valence-electron chi connectivity index (χ0n) is 14.0. The highest BCUT2D eigenvalue weighted by Crippen LogP contribution is 2.36. The molecular formula is C19H18N4O2. The first-order chi connectivity index (χ1) is 12.1. The van der Waals surface area contributed by atoms with E-state index < -0.39 is 0 Å². The second-order valence-electron chi connectivity index (χ2n) is 6.16. The van der Waals surface area contributed by atoms with Gasteiger partial charge in [-0.15, -0.1) is 0 Å². The highest BCUT2D eigenvalue weighted by Gasteiger charge is 2.28. The van der Waals surface area contributed by atoms with Crippen molar-refractivity contribution >= 4 is 5.91 Å². The third-order valence-corrected chi connectivity index (χ3v) is 4.62. The van der Waals surface area contributed by atoms with Crippen LogP contribution >= 0.6 is 0 Å². The van der Waals surface area contributed by atoms with Crippen molar-refractivity contribution in [3.8, 4) is 17.0 Å². The number of rotatable bonds is 3. The molecule has 1 atom stereocenters. The number of aromatic nitrogens is 3. The number of carbonyl (C=O) groups excluding carboxylic acids is 1. The molecule has 0 spiro atoms. The Hall–Kier alpha value is -3.15. The number of ether oxygens (including phenoxy) is 1. The zero-order valence-corrected chi connectivity index (χ0v) is 14.0. The summed E-state index contributed by atoms with van der Waals surface area (Å²) in [7, 11) is 0. The minimum atomic E-state index is -0.188. The Balaban J connectivity index is 1.60. The van der Waals surface area contributed by atoms with E-state index in [-0.39, 0.29) is 11.9 Å². The number of aromatic amines is 1. The number of hydrogen-bond donors (Lipinski definition) is 2. The molecule has 1 aliphatic heterocycles. The van der Waals surface area contributed by atoms with Gasteiger partial charge in [0.2, 0.25) is 0 Å². The van der Waals surface area contributed by atoms with E-state index in [2.05, 4.69) is 33.5 Å². The average molecular weight is 334 g/mol. The van der Waals surface area contributed by atoms with E-state index in [9.17, 15) is 4.79 Å². The Morgan fingerprint density at radius 2 is 2.16 bits per heavy atom. The van der Waals surface area contributed by atoms with E-state index in [1.54, 1.807) is 12.4 Å². The standard InChI is InChI=1S/C19H18N4O2/c1-11-5-6-14-16(10-25-18(14)12(11)2)22-19(24)15-9-21-23-17(15)13-4-3-7-20-8-13/h3-9,16H,10H2,1-2H3,(H,21,23)(H,22,24). The summed E-state index contributed by atoms with van der Waals surface area (Å²) in [6.45, 7) is 4.52. The normalized spacial score (nSPS) is 15.5. The van der Waals surface area contributed by atoms with Gasteiger partial charge in [0.05, 0.1) is 23.5 Å². The zero-order chi connectivity index (χ0) is 17.4. The molecule has 4 rings (SSSR count). The summed E-state index contributed by atoms with van der Waals surface area (Å²) in [6.07, 6.45) is 4.93. The molecule has 2 aromatic heterocycles. The predicted molar refractivity (Wildman–Crippen MR) is 93.4 cm³/mol. The van der Waals surface area contributed by atoms with Crippen LogP contribution in [0.3, 0.4) is 0 Å². The van der Waals surface area contributed by atoms with Crippen LogP contribution in [-0.2, 0) is 0 Å². The van der Waals surface area contributed by atoms with Crippen molar-refractivity contribution in [1.29, 1.82) is 0 Å². The fraction of sp³-hybridized carbons (Fsp3) is 0.211. The number of nitrogens with one attached hydrogen (secondary N) is 2. The first kappa shape index (κ1) is 15.4. The average Bonchev–Trinajstić information content (AvgIpc) is 3.26. The van der Waals surface area contributed by atoms with Gasteiger partial charge in [-0.2, -0.15) is 5.10 Å². The number of pyridine rings is 1. The van der Waals surface area contributed by atoms with Gasteiger partial charge in [0.15, 0.2) is 0 Å². The lowest BCUT2D eigenvalue weighted by Gasteiger charge is -2.12. The van der Waals surface area contributed by atoms with Crippen LogP contribution < -0.4 is 10.1 Å². The van der Waals surface area contributed by atoms with Crippen LogP contribution in [-0.4, -0.2) is 27.7 Å². The minimum Gasteiger partial charge on any atom is -0.490 e. The highest BCUT2D eigenvalue weighted by molar-refractivity contribution is 6.00. The number of hydrogen-bond acceptors (Lipinski definition) is 4. The molecule has 2 N–H and O–H groups in total. The summed E-state index contributed by atoms with van der Waals surface area (Å²) < 4.78 is 5.81. The third-order valence-electron chi connectivity index (χ3n) is 4.62. The molecule has 0 radical (unpaired) electrons. The van der Waals surface area contributed by atoms with Crippen molar-refractivity contribution in [2.45, 2.75) is 19.9 Å². The molecule has 6 heteroatoms. The molecule has 1 unspecified atom stereocenters. The molecule has 0 aliphatic carbocycles. The molecule has 6 nitrogen and oxygen atoms in total. The molecule has 0 saturated carbocycles. The van der Waals surface area contributed by atoms with E-state index in [0.29, 0.717) is 17.9 Å². The molecule has 1 aromatic carbocycles. The number of nitrogens with zero attached hydrogens (tertiary/aromatic N) is 2. The monoisotopic (exact) mass is 334 g/mol. The lowest BCUT2D eigenvalue weighted by molar-refractivity contribution is 0.0931. The number of H-pyrrole nitrogens is 1. The van der Waals surface area contributed by atoms with E-state index in [0.717, 1.165) is 22.4 Å². The lowest BCUT2D eigenvalue weighted by atomic mass is 10.0. The number of benzene rings is 1. The second kappa shape index (κ2) is 6.05. The maximum absolute atomic E-state index is 12.8. The summed E-state index contributed by atoms with van der Waals surface area (Å²) in [5, 5.41) is 9.95. The molecule has 3 heterocycles. The van der Waals surface area contributed by atoms with Crippen molar-refractivity contribution in [2.75, 3.05) is 6.61 Å². The fourth-order valence-corrected chi connectivity index (χ4v) is 3.08. The third kappa shape index (κ3) is 2.65. The summed E-state index contributed by atoms with van der Waals surface area (Å²) in [5.41, 5.74) is 5.28. The van der Waals surface area contributed by atoms with E-state index >= 15 is 0 Å². The Labute approximate surface area is 145 Å². The Bertz CT molecular complexity index is 934. The van der Waals surface area contributed by atoms with Gasteiger partial charge in [0.1, 0.15) is 12.4 Å². The van der Waals surface area contributed by atoms with Crippen molar-refractivity contribution in [1.82, 2.24) is 20.5 Å². The number of carbonyl (C=O) groups is 1. The van der Waals surface area contributed by atoms with Gasteiger partial charge in [-0.1, -0.05) is 12.1 Å². The SMILES string of the molecule is Cc1ccc2c(c1C)OCC2NC(=O)c1cn[nH]c1-c1cccnc1. The van der Waals surface area contributed by atoms with Gasteiger partial charge in [0, 0.05) is 23.5 Å². The van der Waals surface area contributed by atoms with E-state index in [1.165, 1.54) is 11.8 Å². The van der Waals surface area contributed by atoms with Crippen LogP contribution in [0.4, 0.5) is 0 Å². The molecule has 0 saturated heterocycles. The molecule has 3 aromatic rings. The van der Waals surface area contributed by atoms with Gasteiger partial charge in [0.25, 0.3) is 5.91 Å². The topological polar surface area (TPSA) is 79.9 Å². The van der Waals surface area contributed by atoms with Crippen molar-refractivity contribution < 1.29 is 9.53 Å². The largest absolute Gasteiger partial charge is 0.490 e. The summed E-state index contributed by atoms with van der Waals surface area (Å²) in [6, 6.07) is 7.62. The van der Waals surface area contributed by atoms with Crippen LogP contribution in [0.5, 0.6) is 5.75 Å². The molecule has 1 aliphatic rings. The van der Waals surface area contributed by atoms with Crippen LogP contribution in [0.1, 0.15) is 33.1 Å². The number of fused-ring (bicyclic) bond motifs is 1. The summed E-state index contributed by atoms with van der Waals surface area (Å²) >= 11 is 0. The maximum atomic E-state index is 12.8. The minimum absolute atomic E-state index is 0.168. The maximum Gasteiger partial charge on any atom is 0.255 e. The number of amides is 1. The van der Waals surface area contributed by atoms with Crippen LogP contribution in [0.25, 0.3) is 11.3 Å². The quantitative estimate of drug-likeness (QED) is 0.772. The lowest BCUT2D eigenvalue weighted by Crippen LogP contribution is -2.29. The molecule has 0 bridgehead atoms. The van der Waals surface area contributed by atoms with E-state index in [1.807, 2.05) is 25.1 Å². The van der Waals surface area contributed by atoms with Crippen LogP contribution in [0, 0.1) is 13.8 Å². The molecule has 0 fully saturated rings. The highest BCUT2D eigenvalue weighted by atomic mass is 16.5. The van der Waals surface area contributed by atoms with E-state index in [4.69, 9.17) is 4.74 Å². The molecule has 126 valence electrons. The smallest absolute Gasteiger partial charge is 0.255 e. The van der Waals surface area contributed by atoms with Crippen molar-refractivity contribution in [3.05, 3.63) is 65.1 Å². The van der Waals surface area contributed by atoms with Gasteiger partial charge in [-0.25, -0.2) is 0 Å². The summed E-state index contributed by atoms with van der Waals surface area (Å²) in [4.78, 5) is 16.9. The molecule has 25 heavy (non-hydrogen) atoms. The van der Waals surface area contributed by atoms with Gasteiger partial charge < -0.3 is 10.1 Å². The Morgan fingerprint density at radius 3 is 2.96 bits per heavy atom. The second-order valence-corrected chi connectivity index (χ2v) is 6.16. The van der Waals surface area contributed by atoms with Crippen molar-refractivity contribution in [3.63, 3.8) is 0 Å². The fourth-order valence-electron chi connectivity index (χ4n) is 3.08. The van der Waals surface area contributed by atoms with Crippen molar-refractivity contribution in [2.24, 2.45) is 0 Å². The van der Waals surface area contributed by atoms with Gasteiger partial charge >= 0.3 is 0 Å². The van der Waals surface area contributed by atoms with Crippen LogP contribution in [0.15, 0.2) is 42.9 Å². The number of aryl methyl sites for hydroxylation is 1. The Morgan fingerprint density at radius 1 is 1.28 bits per heavy atom. The van der Waals surface area contributed by atoms with Crippen LogP contribution in [0.2, 0.25) is 0 Å². The Kier molecular flexibility index (Phi) is 3.72. The van der Waals surface area contributed by atoms with Gasteiger partial charge in [-0.05, 0) is 37.1 Å². The first-order valence-electron chi connectivity index (χ1n) is 8.12. The molecular weight excluding hydrogens is 316 g/mol. The molecule has 1 amide bonds. The summed E-state index contributed by atoms with van der Waals surface area (Å²) in [5.74, 6) is 0.692.